The zero-order valence-corrected chi connectivity index (χ0v) is 12.2. The molecule has 0 saturated heterocycles. The molecule has 0 radical (unpaired) electrons. The highest BCUT2D eigenvalue weighted by Crippen LogP contribution is 2.28. The van der Waals surface area contributed by atoms with Crippen LogP contribution in [-0.2, 0) is 0 Å². The molecule has 0 spiro atoms. The highest BCUT2D eigenvalue weighted by atomic mass is 19.1. The first-order valence-corrected chi connectivity index (χ1v) is 7.44. The van der Waals surface area contributed by atoms with Gasteiger partial charge in [0.05, 0.1) is 0 Å². The summed E-state index contributed by atoms with van der Waals surface area (Å²) in [5, 5.41) is 3.48. The molecule has 3 unspecified atom stereocenters. The van der Waals surface area contributed by atoms with Crippen molar-refractivity contribution in [2.24, 2.45) is 5.92 Å². The van der Waals surface area contributed by atoms with Crippen LogP contribution in [0.1, 0.15) is 39.5 Å². The number of benzene rings is 1. The van der Waals surface area contributed by atoms with Crippen molar-refractivity contribution in [3.8, 4) is 5.75 Å². The molecule has 0 heterocycles. The fourth-order valence-electron chi connectivity index (χ4n) is 2.79. The predicted molar refractivity (Wildman–Crippen MR) is 75.9 cm³/mol. The van der Waals surface area contributed by atoms with Crippen LogP contribution in [0.2, 0.25) is 0 Å². The summed E-state index contributed by atoms with van der Waals surface area (Å²) in [4.78, 5) is 0. The Hall–Kier alpha value is -1.16. The molecule has 1 aromatic carbocycles. The number of halogens is 2. The van der Waals surface area contributed by atoms with E-state index in [1.165, 1.54) is 18.6 Å². The van der Waals surface area contributed by atoms with Gasteiger partial charge in [-0.3, -0.25) is 0 Å². The third-order valence-corrected chi connectivity index (χ3v) is 3.83. The maximum atomic E-state index is 13.2. The lowest BCUT2D eigenvalue weighted by molar-refractivity contribution is 0.0902. The molecule has 1 fully saturated rings. The lowest BCUT2D eigenvalue weighted by Crippen LogP contribution is -2.47. The van der Waals surface area contributed by atoms with Gasteiger partial charge in [-0.15, -0.1) is 0 Å². The summed E-state index contributed by atoms with van der Waals surface area (Å²) >= 11 is 0. The average Bonchev–Trinajstić information content (AvgIpc) is 2.36. The standard InChI is InChI=1S/C16H23F2NO/c1-3-6-19-15-5-4-11(2)7-16(15)20-14-9-12(17)8-13(18)10-14/h8-11,15-16,19H,3-7H2,1-2H3. The van der Waals surface area contributed by atoms with E-state index in [9.17, 15) is 8.78 Å². The van der Waals surface area contributed by atoms with Crippen LogP contribution >= 0.6 is 0 Å². The van der Waals surface area contributed by atoms with Crippen molar-refractivity contribution in [1.82, 2.24) is 5.32 Å². The van der Waals surface area contributed by atoms with Crippen LogP contribution in [0.25, 0.3) is 0 Å². The molecule has 1 aliphatic carbocycles. The molecule has 20 heavy (non-hydrogen) atoms. The van der Waals surface area contributed by atoms with E-state index in [0.717, 1.165) is 31.9 Å². The summed E-state index contributed by atoms with van der Waals surface area (Å²) in [5.41, 5.74) is 0. The Bertz CT molecular complexity index is 416. The Labute approximate surface area is 119 Å². The number of hydrogen-bond donors (Lipinski definition) is 1. The molecule has 4 heteroatoms. The smallest absolute Gasteiger partial charge is 0.129 e. The number of nitrogens with one attached hydrogen (secondary N) is 1. The maximum absolute atomic E-state index is 13.2. The molecule has 1 N–H and O–H groups in total. The second-order valence-corrected chi connectivity index (χ2v) is 5.74. The molecule has 0 bridgehead atoms. The van der Waals surface area contributed by atoms with Crippen LogP contribution in [0.3, 0.4) is 0 Å². The number of ether oxygens (including phenoxy) is 1. The monoisotopic (exact) mass is 283 g/mol. The lowest BCUT2D eigenvalue weighted by Gasteiger charge is -2.35. The Morgan fingerprint density at radius 3 is 2.55 bits per heavy atom. The molecule has 0 aliphatic heterocycles. The van der Waals surface area contributed by atoms with Gasteiger partial charge in [0.25, 0.3) is 0 Å². The van der Waals surface area contributed by atoms with Gasteiger partial charge in [-0.05, 0) is 38.1 Å². The van der Waals surface area contributed by atoms with E-state index in [0.29, 0.717) is 5.92 Å². The summed E-state index contributed by atoms with van der Waals surface area (Å²) in [6.07, 6.45) is 4.17. The zero-order valence-electron chi connectivity index (χ0n) is 12.2. The number of rotatable bonds is 5. The maximum Gasteiger partial charge on any atom is 0.129 e. The van der Waals surface area contributed by atoms with Crippen molar-refractivity contribution >= 4 is 0 Å². The first-order valence-electron chi connectivity index (χ1n) is 7.44. The van der Waals surface area contributed by atoms with Crippen molar-refractivity contribution in [3.05, 3.63) is 29.8 Å². The van der Waals surface area contributed by atoms with E-state index < -0.39 is 11.6 Å². The molecule has 0 aromatic heterocycles. The average molecular weight is 283 g/mol. The van der Waals surface area contributed by atoms with Crippen LogP contribution in [0.5, 0.6) is 5.75 Å². The van der Waals surface area contributed by atoms with Crippen LogP contribution in [0, 0.1) is 17.6 Å². The summed E-state index contributed by atoms with van der Waals surface area (Å²) in [7, 11) is 0. The summed E-state index contributed by atoms with van der Waals surface area (Å²) in [6, 6.07) is 3.62. The van der Waals surface area contributed by atoms with Crippen molar-refractivity contribution in [1.29, 1.82) is 0 Å². The molecule has 2 nitrogen and oxygen atoms in total. The summed E-state index contributed by atoms with van der Waals surface area (Å²) in [5.74, 6) is -0.327. The fourth-order valence-corrected chi connectivity index (χ4v) is 2.79. The van der Waals surface area contributed by atoms with E-state index in [1.54, 1.807) is 0 Å². The first-order chi connectivity index (χ1) is 9.58. The van der Waals surface area contributed by atoms with Gasteiger partial charge in [0, 0.05) is 24.2 Å². The third kappa shape index (κ3) is 4.17. The topological polar surface area (TPSA) is 21.3 Å². The molecule has 2 rings (SSSR count). The highest BCUT2D eigenvalue weighted by Gasteiger charge is 2.29. The molecular formula is C16H23F2NO. The fraction of sp³-hybridized carbons (Fsp3) is 0.625. The van der Waals surface area contributed by atoms with Gasteiger partial charge in [-0.1, -0.05) is 13.8 Å². The lowest BCUT2D eigenvalue weighted by atomic mass is 9.85. The molecule has 1 aromatic rings. The Morgan fingerprint density at radius 1 is 1.20 bits per heavy atom. The van der Waals surface area contributed by atoms with E-state index in [-0.39, 0.29) is 17.9 Å². The second-order valence-electron chi connectivity index (χ2n) is 5.74. The molecule has 0 amide bonds. The van der Waals surface area contributed by atoms with E-state index >= 15 is 0 Å². The van der Waals surface area contributed by atoms with Gasteiger partial charge in [0.2, 0.25) is 0 Å². The highest BCUT2D eigenvalue weighted by molar-refractivity contribution is 5.24. The summed E-state index contributed by atoms with van der Waals surface area (Å²) in [6.45, 7) is 5.26. The van der Waals surface area contributed by atoms with E-state index in [4.69, 9.17) is 4.74 Å². The van der Waals surface area contributed by atoms with Gasteiger partial charge in [-0.2, -0.15) is 0 Å². The molecule has 3 atom stereocenters. The van der Waals surface area contributed by atoms with Crippen molar-refractivity contribution < 1.29 is 13.5 Å². The van der Waals surface area contributed by atoms with Gasteiger partial charge < -0.3 is 10.1 Å². The van der Waals surface area contributed by atoms with Crippen molar-refractivity contribution in [2.75, 3.05) is 6.54 Å². The minimum Gasteiger partial charge on any atom is -0.489 e. The van der Waals surface area contributed by atoms with Gasteiger partial charge in [-0.25, -0.2) is 8.78 Å². The largest absolute Gasteiger partial charge is 0.489 e. The Kier molecular flexibility index (Phi) is 5.35. The van der Waals surface area contributed by atoms with Crippen LogP contribution in [-0.4, -0.2) is 18.7 Å². The molecule has 1 aliphatic rings. The van der Waals surface area contributed by atoms with Gasteiger partial charge in [0.15, 0.2) is 0 Å². The quantitative estimate of drug-likeness (QED) is 0.885. The van der Waals surface area contributed by atoms with Crippen LogP contribution in [0.15, 0.2) is 18.2 Å². The number of hydrogen-bond acceptors (Lipinski definition) is 2. The Balaban J connectivity index is 2.06. The van der Waals surface area contributed by atoms with Crippen molar-refractivity contribution in [2.45, 2.75) is 51.7 Å². The first kappa shape index (κ1) is 15.2. The third-order valence-electron chi connectivity index (χ3n) is 3.83. The van der Waals surface area contributed by atoms with Crippen LogP contribution in [0.4, 0.5) is 8.78 Å². The Morgan fingerprint density at radius 2 is 1.90 bits per heavy atom. The second kappa shape index (κ2) is 7.02. The van der Waals surface area contributed by atoms with E-state index in [1.807, 2.05) is 0 Å². The molecule has 112 valence electrons. The van der Waals surface area contributed by atoms with Gasteiger partial charge in [0.1, 0.15) is 23.5 Å². The minimum atomic E-state index is -0.595. The minimum absolute atomic E-state index is 0.0218. The molecule has 1 saturated carbocycles. The van der Waals surface area contributed by atoms with E-state index in [2.05, 4.69) is 19.2 Å². The normalized spacial score (nSPS) is 26.5. The predicted octanol–water partition coefficient (Wildman–Crippen LogP) is 3.90. The van der Waals surface area contributed by atoms with Crippen LogP contribution < -0.4 is 10.1 Å². The SMILES string of the molecule is CCCNC1CCC(C)CC1Oc1cc(F)cc(F)c1. The van der Waals surface area contributed by atoms with Crippen molar-refractivity contribution in [3.63, 3.8) is 0 Å². The zero-order chi connectivity index (χ0) is 14.5. The molecular weight excluding hydrogens is 260 g/mol. The summed E-state index contributed by atoms with van der Waals surface area (Å²) < 4.78 is 32.3. The van der Waals surface area contributed by atoms with Gasteiger partial charge >= 0.3 is 0 Å².